The van der Waals surface area contributed by atoms with E-state index in [0.29, 0.717) is 11.3 Å². The van der Waals surface area contributed by atoms with Gasteiger partial charge in [-0.25, -0.2) is 4.79 Å². The summed E-state index contributed by atoms with van der Waals surface area (Å²) in [5, 5.41) is 16.8. The van der Waals surface area contributed by atoms with E-state index in [1.165, 1.54) is 12.1 Å². The maximum absolute atomic E-state index is 10.9. The Morgan fingerprint density at radius 3 is 2.60 bits per heavy atom. The number of hydrogen-bond donors (Lipinski definition) is 1. The van der Waals surface area contributed by atoms with E-state index in [1.807, 2.05) is 6.92 Å². The van der Waals surface area contributed by atoms with E-state index in [9.17, 15) is 4.79 Å². The average Bonchev–Trinajstić information content (AvgIpc) is 3.07. The van der Waals surface area contributed by atoms with Crippen molar-refractivity contribution in [3.05, 3.63) is 47.7 Å². The molecule has 0 amide bonds. The Bertz CT molecular complexity index is 773. The lowest BCUT2D eigenvalue weighted by Crippen LogP contribution is -1.95. The van der Waals surface area contributed by atoms with Crippen molar-refractivity contribution in [3.63, 3.8) is 0 Å². The van der Waals surface area contributed by atoms with Crippen molar-refractivity contribution in [2.45, 2.75) is 6.92 Å². The van der Waals surface area contributed by atoms with Gasteiger partial charge < -0.3 is 13.9 Å². The molecule has 0 fully saturated rings. The summed E-state index contributed by atoms with van der Waals surface area (Å²) in [6.45, 7) is 1.82. The second kappa shape index (κ2) is 4.65. The SMILES string of the molecule is Cc1ccc(-c2nnc(-c3cccc(C(=O)O)c3)o2)o1. The molecule has 0 aliphatic carbocycles. The first kappa shape index (κ1) is 12.2. The zero-order valence-corrected chi connectivity index (χ0v) is 10.5. The molecule has 0 atom stereocenters. The molecule has 0 spiro atoms. The molecule has 0 unspecified atom stereocenters. The first-order chi connectivity index (χ1) is 9.63. The normalized spacial score (nSPS) is 10.7. The van der Waals surface area contributed by atoms with Crippen molar-refractivity contribution < 1.29 is 18.7 Å². The predicted octanol–water partition coefficient (Wildman–Crippen LogP) is 3.00. The van der Waals surface area contributed by atoms with Crippen LogP contribution in [0.1, 0.15) is 16.1 Å². The van der Waals surface area contributed by atoms with E-state index in [2.05, 4.69) is 10.2 Å². The van der Waals surface area contributed by atoms with Crippen LogP contribution in [0.15, 0.2) is 45.2 Å². The molecule has 3 rings (SSSR count). The molecule has 1 aromatic carbocycles. The van der Waals surface area contributed by atoms with Gasteiger partial charge in [0.25, 0.3) is 5.89 Å². The highest BCUT2D eigenvalue weighted by atomic mass is 16.4. The molecule has 6 nitrogen and oxygen atoms in total. The van der Waals surface area contributed by atoms with Gasteiger partial charge in [-0.2, -0.15) is 0 Å². The summed E-state index contributed by atoms with van der Waals surface area (Å²) in [6, 6.07) is 9.84. The molecule has 0 radical (unpaired) electrons. The summed E-state index contributed by atoms with van der Waals surface area (Å²) in [4.78, 5) is 10.9. The Labute approximate surface area is 113 Å². The Balaban J connectivity index is 1.98. The third kappa shape index (κ3) is 2.18. The summed E-state index contributed by atoms with van der Waals surface area (Å²) in [5.74, 6) is 0.725. The lowest BCUT2D eigenvalue weighted by atomic mass is 10.1. The maximum Gasteiger partial charge on any atom is 0.335 e. The second-order valence-corrected chi connectivity index (χ2v) is 4.21. The molecule has 0 saturated carbocycles. The molecule has 0 aliphatic rings. The van der Waals surface area contributed by atoms with Crippen LogP contribution in [0.2, 0.25) is 0 Å². The average molecular weight is 270 g/mol. The highest BCUT2D eigenvalue weighted by molar-refractivity contribution is 5.88. The van der Waals surface area contributed by atoms with Crippen LogP contribution in [0, 0.1) is 6.92 Å². The maximum atomic E-state index is 10.9. The smallest absolute Gasteiger partial charge is 0.335 e. The van der Waals surface area contributed by atoms with E-state index in [4.69, 9.17) is 13.9 Å². The monoisotopic (exact) mass is 270 g/mol. The molecule has 0 aliphatic heterocycles. The Morgan fingerprint density at radius 1 is 1.10 bits per heavy atom. The van der Waals surface area contributed by atoms with Crippen molar-refractivity contribution in [2.24, 2.45) is 0 Å². The van der Waals surface area contributed by atoms with Crippen LogP contribution in [0.5, 0.6) is 0 Å². The minimum Gasteiger partial charge on any atom is -0.478 e. The number of carboxylic acids is 1. The zero-order chi connectivity index (χ0) is 14.1. The Kier molecular flexibility index (Phi) is 2.83. The number of hydrogen-bond acceptors (Lipinski definition) is 5. The zero-order valence-electron chi connectivity index (χ0n) is 10.5. The Hall–Kier alpha value is -2.89. The van der Waals surface area contributed by atoms with Crippen molar-refractivity contribution in [3.8, 4) is 23.1 Å². The van der Waals surface area contributed by atoms with Gasteiger partial charge in [-0.3, -0.25) is 0 Å². The summed E-state index contributed by atoms with van der Waals surface area (Å²) < 4.78 is 10.9. The number of aromatic nitrogens is 2. The highest BCUT2D eigenvalue weighted by Gasteiger charge is 2.14. The first-order valence-electron chi connectivity index (χ1n) is 5.87. The third-order valence-electron chi connectivity index (χ3n) is 2.73. The van der Waals surface area contributed by atoms with Gasteiger partial charge >= 0.3 is 5.97 Å². The van der Waals surface area contributed by atoms with Gasteiger partial charge in [-0.1, -0.05) is 6.07 Å². The van der Waals surface area contributed by atoms with Gasteiger partial charge in [0.15, 0.2) is 5.76 Å². The van der Waals surface area contributed by atoms with Gasteiger partial charge in [0.1, 0.15) is 5.76 Å². The topological polar surface area (TPSA) is 89.4 Å². The van der Waals surface area contributed by atoms with Crippen LogP contribution in [0.3, 0.4) is 0 Å². The number of carboxylic acid groups (broad SMARTS) is 1. The van der Waals surface area contributed by atoms with E-state index in [0.717, 1.165) is 5.76 Å². The van der Waals surface area contributed by atoms with Crippen LogP contribution < -0.4 is 0 Å². The van der Waals surface area contributed by atoms with Gasteiger partial charge in [-0.05, 0) is 37.3 Å². The fraction of sp³-hybridized carbons (Fsp3) is 0.0714. The van der Waals surface area contributed by atoms with Gasteiger partial charge in [0.05, 0.1) is 5.56 Å². The largest absolute Gasteiger partial charge is 0.478 e. The molecule has 0 bridgehead atoms. The number of carbonyl (C=O) groups is 1. The fourth-order valence-corrected chi connectivity index (χ4v) is 1.77. The number of benzene rings is 1. The molecule has 1 N–H and O–H groups in total. The van der Waals surface area contributed by atoms with Crippen LogP contribution in [0.25, 0.3) is 23.1 Å². The Morgan fingerprint density at radius 2 is 1.90 bits per heavy atom. The van der Waals surface area contributed by atoms with Crippen LogP contribution in [-0.2, 0) is 0 Å². The van der Waals surface area contributed by atoms with Crippen LogP contribution >= 0.6 is 0 Å². The number of rotatable bonds is 3. The summed E-state index contributed by atoms with van der Waals surface area (Å²) in [6.07, 6.45) is 0. The predicted molar refractivity (Wildman–Crippen MR) is 69.1 cm³/mol. The molecule has 0 saturated heterocycles. The summed E-state index contributed by atoms with van der Waals surface area (Å²) >= 11 is 0. The lowest BCUT2D eigenvalue weighted by Gasteiger charge is -1.97. The summed E-state index contributed by atoms with van der Waals surface area (Å²) in [5.41, 5.74) is 0.711. The molecule has 20 heavy (non-hydrogen) atoms. The standard InChI is InChI=1S/C14H10N2O4/c1-8-5-6-11(19-8)13-16-15-12(20-13)9-3-2-4-10(7-9)14(17)18/h2-7H,1H3,(H,17,18). The van der Waals surface area contributed by atoms with Gasteiger partial charge in [0.2, 0.25) is 5.89 Å². The number of aromatic carboxylic acids is 1. The molecule has 100 valence electrons. The first-order valence-corrected chi connectivity index (χ1v) is 5.87. The number of aryl methyl sites for hydroxylation is 1. The van der Waals surface area contributed by atoms with E-state index in [1.54, 1.807) is 24.3 Å². The van der Waals surface area contributed by atoms with Crippen molar-refractivity contribution in [2.75, 3.05) is 0 Å². The third-order valence-corrected chi connectivity index (χ3v) is 2.73. The molecular formula is C14H10N2O4. The number of nitrogens with zero attached hydrogens (tertiary/aromatic N) is 2. The van der Waals surface area contributed by atoms with Crippen molar-refractivity contribution in [1.82, 2.24) is 10.2 Å². The van der Waals surface area contributed by atoms with Crippen molar-refractivity contribution >= 4 is 5.97 Å². The summed E-state index contributed by atoms with van der Waals surface area (Å²) in [7, 11) is 0. The molecule has 6 heteroatoms. The van der Waals surface area contributed by atoms with Crippen LogP contribution in [0.4, 0.5) is 0 Å². The van der Waals surface area contributed by atoms with Crippen molar-refractivity contribution in [1.29, 1.82) is 0 Å². The highest BCUT2D eigenvalue weighted by Crippen LogP contribution is 2.25. The minimum absolute atomic E-state index is 0.163. The second-order valence-electron chi connectivity index (χ2n) is 4.21. The van der Waals surface area contributed by atoms with Gasteiger partial charge in [0, 0.05) is 5.56 Å². The molecule has 2 heterocycles. The quantitative estimate of drug-likeness (QED) is 0.786. The number of furan rings is 1. The fourth-order valence-electron chi connectivity index (χ4n) is 1.77. The minimum atomic E-state index is -1.01. The van der Waals surface area contributed by atoms with Gasteiger partial charge in [-0.15, -0.1) is 10.2 Å². The molecule has 3 aromatic rings. The lowest BCUT2D eigenvalue weighted by molar-refractivity contribution is 0.0697. The van der Waals surface area contributed by atoms with E-state index < -0.39 is 5.97 Å². The molecular weight excluding hydrogens is 260 g/mol. The van der Waals surface area contributed by atoms with Crippen LogP contribution in [-0.4, -0.2) is 21.3 Å². The van der Waals surface area contributed by atoms with E-state index >= 15 is 0 Å². The van der Waals surface area contributed by atoms with E-state index in [-0.39, 0.29) is 17.3 Å². The molecule has 2 aromatic heterocycles.